The molecule has 0 saturated heterocycles. The van der Waals surface area contributed by atoms with E-state index in [1.807, 2.05) is 0 Å². The first-order valence-electron chi connectivity index (χ1n) is 5.46. The minimum absolute atomic E-state index is 0.206. The molecule has 2 heterocycles. The fourth-order valence-corrected chi connectivity index (χ4v) is 1.54. The number of aromatic amines is 1. The molecule has 0 atom stereocenters. The van der Waals surface area contributed by atoms with Crippen molar-refractivity contribution < 1.29 is 18.0 Å². The second-order valence-corrected chi connectivity index (χ2v) is 4.08. The van der Waals surface area contributed by atoms with E-state index < -0.39 is 23.6 Å². The summed E-state index contributed by atoms with van der Waals surface area (Å²) in [5.41, 5.74) is -0.879. The molecule has 0 aliphatic heterocycles. The number of nitrogens with one attached hydrogen (secondary N) is 3. The molecule has 2 amide bonds. The number of alkyl halides is 3. The van der Waals surface area contributed by atoms with Gasteiger partial charge in [0.05, 0.1) is 5.69 Å². The van der Waals surface area contributed by atoms with Gasteiger partial charge < -0.3 is 5.32 Å². The van der Waals surface area contributed by atoms with Gasteiger partial charge in [-0.3, -0.25) is 15.1 Å². The summed E-state index contributed by atoms with van der Waals surface area (Å²) in [4.78, 5) is 11.6. The maximum atomic E-state index is 12.7. The van der Waals surface area contributed by atoms with Crippen molar-refractivity contribution >= 4 is 17.5 Å². The van der Waals surface area contributed by atoms with Gasteiger partial charge in [0.2, 0.25) is 0 Å². The zero-order valence-electron chi connectivity index (χ0n) is 10.5. The van der Waals surface area contributed by atoms with Gasteiger partial charge in [-0.15, -0.1) is 0 Å². The van der Waals surface area contributed by atoms with Gasteiger partial charge in [0.25, 0.3) is 0 Å². The summed E-state index contributed by atoms with van der Waals surface area (Å²) in [6.07, 6.45) is -3.58. The summed E-state index contributed by atoms with van der Waals surface area (Å²) in [5.74, 6) is 0.206. The van der Waals surface area contributed by atoms with Crippen LogP contribution in [0.3, 0.4) is 0 Å². The normalized spacial score (nSPS) is 11.4. The molecule has 10 heteroatoms. The maximum Gasteiger partial charge on any atom is 0.437 e. The van der Waals surface area contributed by atoms with Crippen LogP contribution in [-0.4, -0.2) is 26.0 Å². The quantitative estimate of drug-likeness (QED) is 0.791. The van der Waals surface area contributed by atoms with E-state index in [4.69, 9.17) is 0 Å². The van der Waals surface area contributed by atoms with E-state index in [1.165, 1.54) is 13.1 Å². The van der Waals surface area contributed by atoms with Crippen molar-refractivity contribution in [2.75, 3.05) is 10.6 Å². The van der Waals surface area contributed by atoms with E-state index >= 15 is 0 Å². The van der Waals surface area contributed by atoms with Crippen molar-refractivity contribution in [3.63, 3.8) is 0 Å². The van der Waals surface area contributed by atoms with Gasteiger partial charge in [0.1, 0.15) is 0 Å². The van der Waals surface area contributed by atoms with Crippen LogP contribution in [0.15, 0.2) is 12.3 Å². The topological polar surface area (TPSA) is 87.6 Å². The monoisotopic (exact) mass is 288 g/mol. The fraction of sp³-hybridized carbons (Fsp3) is 0.300. The Balaban J connectivity index is 2.12. The molecule has 0 unspecified atom stereocenters. The molecule has 7 nitrogen and oxygen atoms in total. The Hall–Kier alpha value is -2.52. The molecule has 2 aromatic heterocycles. The number of nitrogens with zero attached hydrogens (tertiary/aromatic N) is 3. The van der Waals surface area contributed by atoms with Crippen LogP contribution < -0.4 is 10.6 Å². The molecular formula is C10H11F3N6O. The van der Waals surface area contributed by atoms with Gasteiger partial charge in [-0.05, 0) is 6.92 Å². The van der Waals surface area contributed by atoms with Gasteiger partial charge in [-0.25, -0.2) is 4.79 Å². The lowest BCUT2D eigenvalue weighted by atomic mass is 10.3. The van der Waals surface area contributed by atoms with Crippen LogP contribution in [0.25, 0.3) is 0 Å². The van der Waals surface area contributed by atoms with Gasteiger partial charge in [-0.1, -0.05) is 0 Å². The number of rotatable bonds is 2. The lowest BCUT2D eigenvalue weighted by Crippen LogP contribution is -2.21. The molecule has 108 valence electrons. The van der Waals surface area contributed by atoms with E-state index in [-0.39, 0.29) is 5.82 Å². The van der Waals surface area contributed by atoms with E-state index in [0.717, 1.165) is 10.9 Å². The van der Waals surface area contributed by atoms with E-state index in [9.17, 15) is 18.0 Å². The first kappa shape index (κ1) is 13.9. The van der Waals surface area contributed by atoms with E-state index in [1.54, 1.807) is 6.92 Å². The molecule has 20 heavy (non-hydrogen) atoms. The van der Waals surface area contributed by atoms with Crippen LogP contribution in [0, 0.1) is 6.92 Å². The third kappa shape index (κ3) is 3.08. The Bertz CT molecular complexity index is 629. The second-order valence-electron chi connectivity index (χ2n) is 4.08. The Morgan fingerprint density at radius 3 is 2.65 bits per heavy atom. The summed E-state index contributed by atoms with van der Waals surface area (Å²) in [6, 6.07) is 0.697. The van der Waals surface area contributed by atoms with Crippen LogP contribution in [0.1, 0.15) is 11.4 Å². The van der Waals surface area contributed by atoms with E-state index in [0.29, 0.717) is 5.69 Å². The number of aryl methyl sites for hydroxylation is 2. The standard InChI is InChI=1S/C10H11F3N6O/c1-5-3-7(17-16-5)15-9(20)14-6-4-19(2)18-8(6)10(11,12)13/h3-4H,1-2H3,(H3,14,15,16,17,20). The minimum atomic E-state index is -4.65. The second kappa shape index (κ2) is 4.87. The molecule has 3 N–H and O–H groups in total. The molecule has 0 aliphatic carbocycles. The summed E-state index contributed by atoms with van der Waals surface area (Å²) >= 11 is 0. The number of carbonyl (C=O) groups is 1. The van der Waals surface area contributed by atoms with Crippen molar-refractivity contribution in [1.29, 1.82) is 0 Å². The van der Waals surface area contributed by atoms with Crippen molar-refractivity contribution in [3.8, 4) is 0 Å². The Morgan fingerprint density at radius 1 is 1.40 bits per heavy atom. The zero-order chi connectivity index (χ0) is 14.9. The first-order chi connectivity index (χ1) is 9.25. The molecule has 2 aromatic rings. The molecule has 0 saturated carbocycles. The number of urea groups is 1. The Kier molecular flexibility index (Phi) is 3.38. The Labute approximate surface area is 111 Å². The molecule has 0 aromatic carbocycles. The largest absolute Gasteiger partial charge is 0.437 e. The van der Waals surface area contributed by atoms with Crippen LogP contribution in [0.2, 0.25) is 0 Å². The smallest absolute Gasteiger partial charge is 0.304 e. The van der Waals surface area contributed by atoms with Gasteiger partial charge in [-0.2, -0.15) is 23.4 Å². The molecule has 0 bridgehead atoms. The third-order valence-electron chi connectivity index (χ3n) is 2.29. The van der Waals surface area contributed by atoms with Crippen LogP contribution in [0.4, 0.5) is 29.5 Å². The highest BCUT2D eigenvalue weighted by Crippen LogP contribution is 2.33. The van der Waals surface area contributed by atoms with Gasteiger partial charge >= 0.3 is 12.2 Å². The summed E-state index contributed by atoms with van der Waals surface area (Å²) in [6.45, 7) is 1.72. The average Bonchev–Trinajstić information content (AvgIpc) is 2.84. The van der Waals surface area contributed by atoms with Crippen molar-refractivity contribution in [3.05, 3.63) is 23.7 Å². The number of halogens is 3. The number of hydrogen-bond acceptors (Lipinski definition) is 3. The molecular weight excluding hydrogens is 277 g/mol. The fourth-order valence-electron chi connectivity index (χ4n) is 1.54. The van der Waals surface area contributed by atoms with Crippen LogP contribution in [-0.2, 0) is 13.2 Å². The highest BCUT2D eigenvalue weighted by molar-refractivity contribution is 5.99. The average molecular weight is 288 g/mol. The molecule has 0 aliphatic rings. The summed E-state index contributed by atoms with van der Waals surface area (Å²) < 4.78 is 39.0. The molecule has 2 rings (SSSR count). The number of hydrogen-bond donors (Lipinski definition) is 3. The lowest BCUT2D eigenvalue weighted by Gasteiger charge is -2.07. The van der Waals surface area contributed by atoms with Crippen molar-refractivity contribution in [2.45, 2.75) is 13.1 Å². The minimum Gasteiger partial charge on any atom is -0.304 e. The molecule has 0 radical (unpaired) electrons. The van der Waals surface area contributed by atoms with Crippen LogP contribution >= 0.6 is 0 Å². The highest BCUT2D eigenvalue weighted by Gasteiger charge is 2.37. The number of H-pyrrole nitrogens is 1. The SMILES string of the molecule is Cc1cc(NC(=O)Nc2cn(C)nc2C(F)(F)F)n[nH]1. The van der Waals surface area contributed by atoms with E-state index in [2.05, 4.69) is 25.9 Å². The summed E-state index contributed by atoms with van der Waals surface area (Å²) in [5, 5.41) is 14.0. The third-order valence-corrected chi connectivity index (χ3v) is 2.29. The lowest BCUT2D eigenvalue weighted by molar-refractivity contribution is -0.140. The van der Waals surface area contributed by atoms with Crippen molar-refractivity contribution in [1.82, 2.24) is 20.0 Å². The van der Waals surface area contributed by atoms with Gasteiger partial charge in [0, 0.05) is 25.0 Å². The van der Waals surface area contributed by atoms with Crippen LogP contribution in [0.5, 0.6) is 0 Å². The number of anilines is 2. The summed E-state index contributed by atoms with van der Waals surface area (Å²) in [7, 11) is 1.33. The number of amides is 2. The Morgan fingerprint density at radius 2 is 2.10 bits per heavy atom. The predicted molar refractivity (Wildman–Crippen MR) is 64.2 cm³/mol. The van der Waals surface area contributed by atoms with Gasteiger partial charge in [0.15, 0.2) is 11.5 Å². The molecule has 0 spiro atoms. The number of carbonyl (C=O) groups excluding carboxylic acids is 1. The zero-order valence-corrected chi connectivity index (χ0v) is 10.5. The maximum absolute atomic E-state index is 12.7. The highest BCUT2D eigenvalue weighted by atomic mass is 19.4. The first-order valence-corrected chi connectivity index (χ1v) is 5.46. The van der Waals surface area contributed by atoms with Crippen molar-refractivity contribution in [2.24, 2.45) is 7.05 Å². The number of aromatic nitrogens is 4. The predicted octanol–water partition coefficient (Wildman–Crippen LogP) is 2.11. The molecule has 0 fully saturated rings.